The summed E-state index contributed by atoms with van der Waals surface area (Å²) < 4.78 is 0. The van der Waals surface area contributed by atoms with Crippen molar-refractivity contribution in [2.24, 2.45) is 0 Å². The molecule has 2 unspecified atom stereocenters. The lowest BCUT2D eigenvalue weighted by Crippen LogP contribution is -2.18. The Balaban J connectivity index is 2.03. The molecule has 0 aliphatic carbocycles. The first-order valence-electron chi connectivity index (χ1n) is 6.75. The van der Waals surface area contributed by atoms with Crippen LogP contribution in [0.25, 0.3) is 0 Å². The normalized spacial score (nSPS) is 13.9. The fourth-order valence-electron chi connectivity index (χ4n) is 2.16. The molecule has 2 aromatic carbocycles. The molecule has 0 bridgehead atoms. The number of rotatable bonds is 6. The predicted molar refractivity (Wildman–Crippen MR) is 85.1 cm³/mol. The quantitative estimate of drug-likeness (QED) is 0.794. The van der Waals surface area contributed by atoms with Crippen molar-refractivity contribution in [3.63, 3.8) is 0 Å². The van der Waals surface area contributed by atoms with Crippen molar-refractivity contribution in [3.8, 4) is 0 Å². The molecule has 2 atom stereocenters. The van der Waals surface area contributed by atoms with E-state index in [4.69, 9.17) is 0 Å². The SMILES string of the molecule is OC(CCBr)C(O)c1ccc(Cc2ccccc2)cc1. The summed E-state index contributed by atoms with van der Waals surface area (Å²) in [5.41, 5.74) is 3.22. The summed E-state index contributed by atoms with van der Waals surface area (Å²) in [4.78, 5) is 0. The molecule has 0 aliphatic rings. The Morgan fingerprint density at radius 1 is 0.850 bits per heavy atom. The predicted octanol–water partition coefficient (Wildman–Crippen LogP) is 3.46. The van der Waals surface area contributed by atoms with Crippen molar-refractivity contribution in [1.29, 1.82) is 0 Å². The molecule has 0 aromatic heterocycles. The van der Waals surface area contributed by atoms with E-state index >= 15 is 0 Å². The first-order chi connectivity index (χ1) is 9.70. The average molecular weight is 335 g/mol. The summed E-state index contributed by atoms with van der Waals surface area (Å²) in [6.45, 7) is 0. The van der Waals surface area contributed by atoms with Gasteiger partial charge < -0.3 is 10.2 Å². The highest BCUT2D eigenvalue weighted by Gasteiger charge is 2.17. The van der Waals surface area contributed by atoms with Crippen LogP contribution in [0.5, 0.6) is 0 Å². The van der Waals surface area contributed by atoms with Crippen LogP contribution in [0.15, 0.2) is 54.6 Å². The number of aliphatic hydroxyl groups is 2. The van der Waals surface area contributed by atoms with Crippen LogP contribution in [0.2, 0.25) is 0 Å². The third-order valence-corrected chi connectivity index (χ3v) is 3.80. The molecular formula is C17H19BrO2. The van der Waals surface area contributed by atoms with Crippen molar-refractivity contribution >= 4 is 15.9 Å². The second-order valence-electron chi connectivity index (χ2n) is 4.89. The number of hydrogen-bond donors (Lipinski definition) is 2. The molecule has 0 fully saturated rings. The van der Waals surface area contributed by atoms with E-state index in [0.717, 1.165) is 12.0 Å². The molecule has 3 heteroatoms. The maximum atomic E-state index is 10.0. The van der Waals surface area contributed by atoms with Crippen LogP contribution < -0.4 is 0 Å². The van der Waals surface area contributed by atoms with Gasteiger partial charge in [-0.15, -0.1) is 0 Å². The lowest BCUT2D eigenvalue weighted by atomic mass is 9.99. The maximum absolute atomic E-state index is 10.0. The van der Waals surface area contributed by atoms with Crippen LogP contribution in [0.4, 0.5) is 0 Å². The molecule has 2 N–H and O–H groups in total. The second-order valence-corrected chi connectivity index (χ2v) is 5.69. The molecule has 0 saturated heterocycles. The first kappa shape index (κ1) is 15.2. The standard InChI is InChI=1S/C17H19BrO2/c18-11-10-16(19)17(20)15-8-6-14(7-9-15)12-13-4-2-1-3-5-13/h1-9,16-17,19-20H,10-12H2. The number of benzene rings is 2. The summed E-state index contributed by atoms with van der Waals surface area (Å²) in [5.74, 6) is 0. The van der Waals surface area contributed by atoms with E-state index in [1.165, 1.54) is 11.1 Å². The minimum Gasteiger partial charge on any atom is -0.390 e. The van der Waals surface area contributed by atoms with Gasteiger partial charge in [0.15, 0.2) is 0 Å². The van der Waals surface area contributed by atoms with Crippen molar-refractivity contribution in [2.45, 2.75) is 25.0 Å². The summed E-state index contributed by atoms with van der Waals surface area (Å²) in [7, 11) is 0. The fraction of sp³-hybridized carbons (Fsp3) is 0.294. The molecule has 0 aliphatic heterocycles. The second kappa shape index (κ2) is 7.58. The lowest BCUT2D eigenvalue weighted by molar-refractivity contribution is 0.0173. The molecular weight excluding hydrogens is 316 g/mol. The highest BCUT2D eigenvalue weighted by atomic mass is 79.9. The number of halogens is 1. The van der Waals surface area contributed by atoms with Gasteiger partial charge in [0, 0.05) is 5.33 Å². The zero-order chi connectivity index (χ0) is 14.4. The first-order valence-corrected chi connectivity index (χ1v) is 7.87. The van der Waals surface area contributed by atoms with Gasteiger partial charge in [-0.1, -0.05) is 70.5 Å². The van der Waals surface area contributed by atoms with Gasteiger partial charge >= 0.3 is 0 Å². The molecule has 0 radical (unpaired) electrons. The Labute approximate surface area is 128 Å². The number of hydrogen-bond acceptors (Lipinski definition) is 2. The average Bonchev–Trinajstić information content (AvgIpc) is 2.48. The van der Waals surface area contributed by atoms with Crippen LogP contribution in [0, 0.1) is 0 Å². The Morgan fingerprint density at radius 3 is 2.05 bits per heavy atom. The monoisotopic (exact) mass is 334 g/mol. The number of alkyl halides is 1. The van der Waals surface area contributed by atoms with Crippen LogP contribution in [0.3, 0.4) is 0 Å². The fourth-order valence-corrected chi connectivity index (χ4v) is 2.63. The lowest BCUT2D eigenvalue weighted by Gasteiger charge is -2.17. The largest absolute Gasteiger partial charge is 0.390 e. The highest BCUT2D eigenvalue weighted by molar-refractivity contribution is 9.09. The van der Waals surface area contributed by atoms with Crippen molar-refractivity contribution in [2.75, 3.05) is 5.33 Å². The van der Waals surface area contributed by atoms with Gasteiger partial charge in [-0.2, -0.15) is 0 Å². The summed E-state index contributed by atoms with van der Waals surface area (Å²) in [6.07, 6.45) is -0.138. The molecule has 0 heterocycles. The molecule has 0 saturated carbocycles. The molecule has 0 spiro atoms. The summed E-state index contributed by atoms with van der Waals surface area (Å²) >= 11 is 3.27. The van der Waals surface area contributed by atoms with Crippen LogP contribution in [-0.2, 0) is 6.42 Å². The highest BCUT2D eigenvalue weighted by Crippen LogP contribution is 2.21. The Morgan fingerprint density at radius 2 is 1.45 bits per heavy atom. The molecule has 106 valence electrons. The van der Waals surface area contributed by atoms with Crippen LogP contribution >= 0.6 is 15.9 Å². The van der Waals surface area contributed by atoms with Gasteiger partial charge in [-0.05, 0) is 29.5 Å². The Kier molecular flexibility index (Phi) is 5.77. The maximum Gasteiger partial charge on any atom is 0.105 e. The van der Waals surface area contributed by atoms with Gasteiger partial charge in [0.1, 0.15) is 6.10 Å². The minimum absolute atomic E-state index is 0.535. The Hall–Kier alpha value is -1.16. The van der Waals surface area contributed by atoms with E-state index < -0.39 is 12.2 Å². The van der Waals surface area contributed by atoms with E-state index in [-0.39, 0.29) is 0 Å². The van der Waals surface area contributed by atoms with Crippen LogP contribution in [0.1, 0.15) is 29.2 Å². The van der Waals surface area contributed by atoms with Crippen LogP contribution in [-0.4, -0.2) is 21.6 Å². The molecule has 2 nitrogen and oxygen atoms in total. The topological polar surface area (TPSA) is 40.5 Å². The molecule has 0 amide bonds. The van der Waals surface area contributed by atoms with E-state index in [1.54, 1.807) is 0 Å². The molecule has 20 heavy (non-hydrogen) atoms. The van der Waals surface area contributed by atoms with Gasteiger partial charge in [0.05, 0.1) is 6.10 Å². The minimum atomic E-state index is -0.821. The van der Waals surface area contributed by atoms with Crippen molar-refractivity contribution < 1.29 is 10.2 Å². The van der Waals surface area contributed by atoms with E-state index in [2.05, 4.69) is 28.1 Å². The smallest absolute Gasteiger partial charge is 0.105 e. The van der Waals surface area contributed by atoms with Gasteiger partial charge in [-0.3, -0.25) is 0 Å². The van der Waals surface area contributed by atoms with Crippen molar-refractivity contribution in [3.05, 3.63) is 71.3 Å². The van der Waals surface area contributed by atoms with Gasteiger partial charge in [-0.25, -0.2) is 0 Å². The summed E-state index contributed by atoms with van der Waals surface area (Å²) in [5, 5.41) is 20.5. The molecule has 2 rings (SSSR count). The summed E-state index contributed by atoms with van der Waals surface area (Å²) in [6, 6.07) is 18.1. The van der Waals surface area contributed by atoms with Crippen molar-refractivity contribution in [1.82, 2.24) is 0 Å². The zero-order valence-corrected chi connectivity index (χ0v) is 12.8. The van der Waals surface area contributed by atoms with E-state index in [9.17, 15) is 10.2 Å². The number of aliphatic hydroxyl groups excluding tert-OH is 2. The third kappa shape index (κ3) is 4.17. The van der Waals surface area contributed by atoms with E-state index in [1.807, 2.05) is 42.5 Å². The zero-order valence-electron chi connectivity index (χ0n) is 11.2. The van der Waals surface area contributed by atoms with E-state index in [0.29, 0.717) is 11.8 Å². The van der Waals surface area contributed by atoms with Gasteiger partial charge in [0.2, 0.25) is 0 Å². The Bertz CT molecular complexity index is 510. The van der Waals surface area contributed by atoms with Gasteiger partial charge in [0.25, 0.3) is 0 Å². The third-order valence-electron chi connectivity index (χ3n) is 3.34. The molecule has 2 aromatic rings.